The van der Waals surface area contributed by atoms with E-state index in [1.54, 1.807) is 6.92 Å². The Labute approximate surface area is 122 Å². The third-order valence-corrected chi connectivity index (χ3v) is 2.31. The second kappa shape index (κ2) is 17.4. The molecule has 0 spiro atoms. The van der Waals surface area contributed by atoms with Gasteiger partial charge in [-0.2, -0.15) is 0 Å². The van der Waals surface area contributed by atoms with Crippen LogP contribution in [-0.2, 0) is 21.9 Å². The molecule has 0 radical (unpaired) electrons. The summed E-state index contributed by atoms with van der Waals surface area (Å²) in [4.78, 5) is 18.7. The van der Waals surface area contributed by atoms with Gasteiger partial charge in [-0.05, 0) is 13.8 Å². The number of carboxylic acids is 1. The molecular formula is C12H25AlO6. The first-order chi connectivity index (χ1) is 8.63. The van der Waals surface area contributed by atoms with Gasteiger partial charge in [0.15, 0.2) is 0 Å². The Hall–Kier alpha value is -0.608. The number of carbonyl (C=O) groups excluding carboxylic acids is 2. The van der Waals surface area contributed by atoms with Crippen molar-refractivity contribution in [2.75, 3.05) is 6.61 Å². The fourth-order valence-electron chi connectivity index (χ4n) is 0.458. The fraction of sp³-hybridized carbons (Fsp3) is 0.833. The molecule has 0 fully saturated rings. The van der Waals surface area contributed by atoms with Crippen LogP contribution in [0.1, 0.15) is 48.5 Å². The molecule has 0 aliphatic rings. The van der Waals surface area contributed by atoms with Gasteiger partial charge in [-0.25, -0.2) is 0 Å². The number of esters is 1. The smallest absolute Gasteiger partial charge is 0.302 e. The van der Waals surface area contributed by atoms with Crippen LogP contribution < -0.4 is 5.11 Å². The number of rotatable bonds is 5. The van der Waals surface area contributed by atoms with E-state index in [9.17, 15) is 4.79 Å². The summed E-state index contributed by atoms with van der Waals surface area (Å²) in [5.41, 5.74) is 0. The van der Waals surface area contributed by atoms with Crippen molar-refractivity contribution in [3.05, 3.63) is 0 Å². The Balaban J connectivity index is -0.000000222. The average Bonchev–Trinajstić information content (AvgIpc) is 2.15. The molecule has 7 heteroatoms. The van der Waals surface area contributed by atoms with Gasteiger partial charge in [0.25, 0.3) is 0 Å². The minimum absolute atomic E-state index is 0.211. The van der Waals surface area contributed by atoms with E-state index in [2.05, 4.69) is 4.74 Å². The third kappa shape index (κ3) is 58.5. The first-order valence-corrected chi connectivity index (χ1v) is 7.01. The Morgan fingerprint density at radius 3 is 1.47 bits per heavy atom. The fourth-order valence-corrected chi connectivity index (χ4v) is 0.966. The molecule has 112 valence electrons. The third-order valence-electron chi connectivity index (χ3n) is 1.00. The largest absolute Gasteiger partial charge is 0.466 e. The number of aliphatic carboxylic acids is 1. The van der Waals surface area contributed by atoms with E-state index >= 15 is 0 Å². The maximum absolute atomic E-state index is 9.82. The molecule has 0 aromatic heterocycles. The molecule has 0 N–H and O–H groups in total. The van der Waals surface area contributed by atoms with Crippen molar-refractivity contribution in [3.8, 4) is 0 Å². The molecule has 0 bridgehead atoms. The van der Waals surface area contributed by atoms with Gasteiger partial charge < -0.3 is 14.6 Å². The van der Waals surface area contributed by atoms with Gasteiger partial charge in [-0.15, -0.1) is 0 Å². The van der Waals surface area contributed by atoms with Gasteiger partial charge in [0.1, 0.15) is 0 Å². The van der Waals surface area contributed by atoms with E-state index < -0.39 is 5.97 Å². The van der Waals surface area contributed by atoms with E-state index in [0.29, 0.717) is 18.8 Å². The van der Waals surface area contributed by atoms with Crippen molar-refractivity contribution in [1.82, 2.24) is 0 Å². The van der Waals surface area contributed by atoms with Gasteiger partial charge >= 0.3 is 69.3 Å². The number of ether oxygens (including phenoxy) is 1. The van der Waals surface area contributed by atoms with Crippen LogP contribution in [0.4, 0.5) is 0 Å². The molecule has 0 unspecified atom stereocenters. The molecule has 0 aromatic carbocycles. The zero-order valence-electron chi connectivity index (χ0n) is 12.9. The maximum Gasteiger partial charge on any atom is 0.302 e. The Bertz CT molecular complexity index is 206. The molecule has 0 amide bonds. The van der Waals surface area contributed by atoms with Crippen molar-refractivity contribution in [3.63, 3.8) is 0 Å². The van der Waals surface area contributed by atoms with E-state index in [1.165, 1.54) is 6.92 Å². The van der Waals surface area contributed by atoms with Gasteiger partial charge in [0, 0.05) is 12.9 Å². The molecule has 19 heavy (non-hydrogen) atoms. The molecule has 0 rings (SSSR count). The van der Waals surface area contributed by atoms with Gasteiger partial charge in [0.2, 0.25) is 0 Å². The molecule has 0 heterocycles. The SMILES string of the molecule is CC(=O)[O-].CC(C)[O][Al+][O]C(C)C.CCOC(C)=O. The van der Waals surface area contributed by atoms with Gasteiger partial charge in [0.05, 0.1) is 6.61 Å². The summed E-state index contributed by atoms with van der Waals surface area (Å²) in [5, 5.41) is 8.89. The summed E-state index contributed by atoms with van der Waals surface area (Å²) < 4.78 is 14.8. The minimum Gasteiger partial charge on any atom is -0.466 e. The Morgan fingerprint density at radius 2 is 1.37 bits per heavy atom. The second-order valence-electron chi connectivity index (χ2n) is 3.88. The van der Waals surface area contributed by atoms with Crippen LogP contribution in [0, 0.1) is 0 Å². The van der Waals surface area contributed by atoms with Crippen molar-refractivity contribution < 1.29 is 27.0 Å². The number of carboxylic acid groups (broad SMARTS) is 1. The van der Waals surface area contributed by atoms with Crippen LogP contribution in [0.2, 0.25) is 0 Å². The van der Waals surface area contributed by atoms with Crippen LogP contribution in [0.5, 0.6) is 0 Å². The number of hydrogen-bond acceptors (Lipinski definition) is 6. The van der Waals surface area contributed by atoms with Crippen molar-refractivity contribution >= 4 is 27.8 Å². The standard InChI is InChI=1S/C4H8O2.2C3H7O.C2H4O2.Al/c1-3-6-4(2)5;2*1-3(2)4;1-2(3)4;/h3H2,1-2H3;2*3H,1-2H3;1H3,(H,3,4);/q;2*-1;;+3/p-1. The van der Waals surface area contributed by atoms with Crippen LogP contribution in [0.3, 0.4) is 0 Å². The molecule has 0 atom stereocenters. The summed E-state index contributed by atoms with van der Waals surface area (Å²) in [7, 11) is 0. The predicted molar refractivity (Wildman–Crippen MR) is 71.2 cm³/mol. The molecular weight excluding hydrogens is 267 g/mol. The monoisotopic (exact) mass is 292 g/mol. The van der Waals surface area contributed by atoms with Gasteiger partial charge in [-0.3, -0.25) is 4.79 Å². The summed E-state index contributed by atoms with van der Waals surface area (Å²) >= 11 is -0.245. The Morgan fingerprint density at radius 1 is 1.05 bits per heavy atom. The molecule has 0 aromatic rings. The van der Waals surface area contributed by atoms with Gasteiger partial charge in [-0.1, -0.05) is 0 Å². The quantitative estimate of drug-likeness (QED) is 0.547. The normalized spacial score (nSPS) is 8.68. The maximum atomic E-state index is 9.82. The number of carbonyl (C=O) groups is 2. The molecule has 0 saturated carbocycles. The topological polar surface area (TPSA) is 84.9 Å². The summed E-state index contributed by atoms with van der Waals surface area (Å²) in [6.45, 7) is 12.7. The second-order valence-corrected chi connectivity index (χ2v) is 4.62. The summed E-state index contributed by atoms with van der Waals surface area (Å²) in [6.07, 6.45) is 0.609. The Kier molecular flexibility index (Phi) is 21.5. The zero-order valence-corrected chi connectivity index (χ0v) is 14.0. The summed E-state index contributed by atoms with van der Waals surface area (Å²) in [5.74, 6) is -1.29. The molecule has 0 saturated heterocycles. The van der Waals surface area contributed by atoms with E-state index in [0.717, 1.165) is 6.92 Å². The van der Waals surface area contributed by atoms with E-state index in [1.807, 2.05) is 27.7 Å². The van der Waals surface area contributed by atoms with E-state index in [-0.39, 0.29) is 21.9 Å². The number of hydrogen-bond donors (Lipinski definition) is 0. The molecule has 0 aliphatic carbocycles. The predicted octanol–water partition coefficient (Wildman–Crippen LogP) is 0.696. The molecule has 6 nitrogen and oxygen atoms in total. The first-order valence-electron chi connectivity index (χ1n) is 6.06. The average molecular weight is 292 g/mol. The molecule has 0 aliphatic heterocycles. The van der Waals surface area contributed by atoms with Crippen LogP contribution >= 0.6 is 0 Å². The zero-order chi connectivity index (χ0) is 15.8. The van der Waals surface area contributed by atoms with Crippen LogP contribution in [0.15, 0.2) is 0 Å². The van der Waals surface area contributed by atoms with Crippen LogP contribution in [0.25, 0.3) is 0 Å². The first kappa shape index (κ1) is 23.5. The minimum atomic E-state index is -1.08. The van der Waals surface area contributed by atoms with Crippen LogP contribution in [-0.4, -0.2) is 46.6 Å². The van der Waals surface area contributed by atoms with E-state index in [4.69, 9.17) is 17.5 Å². The summed E-state index contributed by atoms with van der Waals surface area (Å²) in [6, 6.07) is 0. The van der Waals surface area contributed by atoms with Crippen molar-refractivity contribution in [2.24, 2.45) is 0 Å². The van der Waals surface area contributed by atoms with Crippen molar-refractivity contribution in [2.45, 2.75) is 60.7 Å². The van der Waals surface area contributed by atoms with Crippen molar-refractivity contribution in [1.29, 1.82) is 0 Å².